The summed E-state index contributed by atoms with van der Waals surface area (Å²) in [6.07, 6.45) is -4.31. The van der Waals surface area contributed by atoms with Crippen LogP contribution in [0.5, 0.6) is 17.2 Å². The third-order valence-electron chi connectivity index (χ3n) is 6.80. The molecule has 0 saturated heterocycles. The van der Waals surface area contributed by atoms with Gasteiger partial charge in [-0.3, -0.25) is 0 Å². The van der Waals surface area contributed by atoms with Crippen LogP contribution in [0.25, 0.3) is 28.2 Å². The van der Waals surface area contributed by atoms with Crippen molar-refractivity contribution in [3.63, 3.8) is 0 Å². The van der Waals surface area contributed by atoms with Crippen molar-refractivity contribution < 1.29 is 37.3 Å². The second-order valence-corrected chi connectivity index (χ2v) is 9.49. The molecule has 0 amide bonds. The number of hydrogen-bond donors (Lipinski definition) is 1. The zero-order chi connectivity index (χ0) is 30.7. The summed E-state index contributed by atoms with van der Waals surface area (Å²) in [6, 6.07) is 23.1. The maximum atomic E-state index is 13.8. The number of rotatable bonds is 9. The second kappa shape index (κ2) is 11.9. The lowest BCUT2D eigenvalue weighted by atomic mass is 9.98. The molecule has 0 unspecified atom stereocenters. The van der Waals surface area contributed by atoms with E-state index < -0.39 is 23.4 Å². The molecule has 0 radical (unpaired) electrons. The maximum Gasteiger partial charge on any atom is 0.434 e. The Morgan fingerprint density at radius 2 is 1.70 bits per heavy atom. The van der Waals surface area contributed by atoms with Gasteiger partial charge in [0.15, 0.2) is 11.5 Å². The van der Waals surface area contributed by atoms with Crippen molar-refractivity contribution in [3.05, 3.63) is 107 Å². The topological polar surface area (TPSA) is 95.7 Å². The molecule has 0 aliphatic rings. The van der Waals surface area contributed by atoms with Gasteiger partial charge in [0.1, 0.15) is 29.4 Å². The lowest BCUT2D eigenvalue weighted by molar-refractivity contribution is -0.143. The number of para-hydroxylation sites is 1. The van der Waals surface area contributed by atoms with Crippen molar-refractivity contribution in [2.45, 2.75) is 19.7 Å². The van der Waals surface area contributed by atoms with Crippen LogP contribution in [0.1, 0.15) is 27.2 Å². The van der Waals surface area contributed by atoms with Crippen LogP contribution in [0.4, 0.5) is 13.2 Å². The molecule has 43 heavy (non-hydrogen) atoms. The Kier molecular flexibility index (Phi) is 8.07. The Balaban J connectivity index is 1.43. The van der Waals surface area contributed by atoms with Gasteiger partial charge >= 0.3 is 12.1 Å². The minimum absolute atomic E-state index is 0.140. The van der Waals surface area contributed by atoms with Crippen LogP contribution >= 0.6 is 0 Å². The number of ether oxygens (including phenoxy) is 3. The van der Waals surface area contributed by atoms with E-state index in [0.29, 0.717) is 33.6 Å². The van der Waals surface area contributed by atoms with Crippen molar-refractivity contribution in [1.82, 2.24) is 14.8 Å². The zero-order valence-corrected chi connectivity index (χ0v) is 23.3. The Labute approximate surface area is 244 Å². The molecule has 2 heterocycles. The van der Waals surface area contributed by atoms with E-state index in [9.17, 15) is 23.1 Å². The highest BCUT2D eigenvalue weighted by Gasteiger charge is 2.41. The average Bonchev–Trinajstić information content (AvgIpc) is 3.47. The number of alkyl halides is 3. The first-order chi connectivity index (χ1) is 20.6. The number of halogens is 3. The van der Waals surface area contributed by atoms with Gasteiger partial charge in [-0.15, -0.1) is 0 Å². The Morgan fingerprint density at radius 3 is 2.40 bits per heavy atom. The lowest BCUT2D eigenvalue weighted by Crippen LogP contribution is -2.18. The summed E-state index contributed by atoms with van der Waals surface area (Å²) in [5, 5.41) is 12.9. The maximum absolute atomic E-state index is 13.8. The minimum Gasteiger partial charge on any atom is -0.497 e. The number of aryl methyl sites for hydroxylation is 1. The van der Waals surface area contributed by atoms with Crippen LogP contribution in [0.15, 0.2) is 85.1 Å². The van der Waals surface area contributed by atoms with Gasteiger partial charge in [-0.05, 0) is 66.1 Å². The van der Waals surface area contributed by atoms with Gasteiger partial charge < -0.3 is 19.3 Å². The molecule has 0 bridgehead atoms. The van der Waals surface area contributed by atoms with E-state index in [0.717, 1.165) is 28.0 Å². The largest absolute Gasteiger partial charge is 0.497 e. The zero-order valence-electron chi connectivity index (χ0n) is 23.3. The fourth-order valence-electron chi connectivity index (χ4n) is 4.72. The quantitative estimate of drug-likeness (QED) is 0.194. The number of aromatic carboxylic acids is 1. The standard InChI is InChI=1S/C32H26F3N3O5/c1-19-15-22(41-2)13-14-23(19)20-11-12-21(28(16-20)42-3)18-43-27-9-5-4-7-24(27)26-8-6-10-29(37-26)38-30(32(33,34)35)25(17-36-38)31(39)40/h4-17H,18H2,1-3H3,(H,39,40). The van der Waals surface area contributed by atoms with Gasteiger partial charge in [0.25, 0.3) is 0 Å². The van der Waals surface area contributed by atoms with Crippen molar-refractivity contribution >= 4 is 5.97 Å². The normalized spacial score (nSPS) is 11.3. The van der Waals surface area contributed by atoms with Crippen molar-refractivity contribution in [3.8, 4) is 45.5 Å². The molecule has 5 rings (SSSR count). The number of pyridine rings is 1. The Bertz CT molecular complexity index is 1800. The highest BCUT2D eigenvalue weighted by atomic mass is 19.4. The lowest BCUT2D eigenvalue weighted by Gasteiger charge is -2.16. The van der Waals surface area contributed by atoms with Gasteiger partial charge in [-0.25, -0.2) is 14.5 Å². The number of nitrogens with zero attached hydrogens (tertiary/aromatic N) is 3. The van der Waals surface area contributed by atoms with Crippen LogP contribution in [-0.4, -0.2) is 40.1 Å². The summed E-state index contributed by atoms with van der Waals surface area (Å²) in [6.45, 7) is 2.14. The van der Waals surface area contributed by atoms with Gasteiger partial charge in [-0.2, -0.15) is 18.3 Å². The van der Waals surface area contributed by atoms with Gasteiger partial charge in [-0.1, -0.05) is 36.4 Å². The summed E-state index contributed by atoms with van der Waals surface area (Å²) in [4.78, 5) is 15.8. The summed E-state index contributed by atoms with van der Waals surface area (Å²) in [5.74, 6) is -0.105. The Morgan fingerprint density at radius 1 is 0.907 bits per heavy atom. The van der Waals surface area contributed by atoms with E-state index in [-0.39, 0.29) is 12.4 Å². The summed E-state index contributed by atoms with van der Waals surface area (Å²) in [5.41, 5.74) is 2.26. The first kappa shape index (κ1) is 29.2. The number of hydrogen-bond acceptors (Lipinski definition) is 6. The molecule has 0 aliphatic carbocycles. The van der Waals surface area contributed by atoms with E-state index in [1.54, 1.807) is 44.6 Å². The fourth-order valence-corrected chi connectivity index (χ4v) is 4.72. The molecule has 220 valence electrons. The molecule has 0 atom stereocenters. The van der Waals surface area contributed by atoms with Crippen LogP contribution in [0.3, 0.4) is 0 Å². The molecule has 1 N–H and O–H groups in total. The van der Waals surface area contributed by atoms with Gasteiger partial charge in [0, 0.05) is 11.1 Å². The summed E-state index contributed by atoms with van der Waals surface area (Å²) < 4.78 is 59.0. The molecule has 0 fully saturated rings. The van der Waals surface area contributed by atoms with Crippen molar-refractivity contribution in [2.24, 2.45) is 0 Å². The second-order valence-electron chi connectivity index (χ2n) is 9.49. The third kappa shape index (κ3) is 6.01. The SMILES string of the molecule is COc1ccc(-c2ccc(COc3ccccc3-c3cccc(-n4ncc(C(=O)O)c4C(F)(F)F)n3)c(OC)c2)c(C)c1. The molecule has 11 heteroatoms. The molecular weight excluding hydrogens is 563 g/mol. The van der Waals surface area contributed by atoms with E-state index in [1.165, 1.54) is 12.1 Å². The molecule has 8 nitrogen and oxygen atoms in total. The number of benzene rings is 3. The van der Waals surface area contributed by atoms with Crippen LogP contribution in [-0.2, 0) is 12.8 Å². The highest BCUT2D eigenvalue weighted by molar-refractivity contribution is 5.89. The average molecular weight is 590 g/mol. The number of methoxy groups -OCH3 is 2. The number of carboxylic acids is 1. The Hall–Kier alpha value is -5.32. The number of carboxylic acid groups (broad SMARTS) is 1. The van der Waals surface area contributed by atoms with Crippen LogP contribution in [0, 0.1) is 6.92 Å². The van der Waals surface area contributed by atoms with Crippen LogP contribution in [0.2, 0.25) is 0 Å². The predicted octanol–water partition coefficient (Wildman–Crippen LogP) is 7.22. The molecule has 2 aromatic heterocycles. The van der Waals surface area contributed by atoms with E-state index in [2.05, 4.69) is 10.1 Å². The first-order valence-electron chi connectivity index (χ1n) is 13.0. The van der Waals surface area contributed by atoms with E-state index in [1.807, 2.05) is 43.3 Å². The van der Waals surface area contributed by atoms with E-state index >= 15 is 0 Å². The van der Waals surface area contributed by atoms with Gasteiger partial charge in [0.2, 0.25) is 0 Å². The highest BCUT2D eigenvalue weighted by Crippen LogP contribution is 2.36. The van der Waals surface area contributed by atoms with Crippen molar-refractivity contribution in [1.29, 1.82) is 0 Å². The molecule has 0 spiro atoms. The predicted molar refractivity (Wildman–Crippen MR) is 153 cm³/mol. The molecule has 0 saturated carbocycles. The summed E-state index contributed by atoms with van der Waals surface area (Å²) in [7, 11) is 3.20. The number of aromatic nitrogens is 3. The molecule has 3 aromatic carbocycles. The van der Waals surface area contributed by atoms with Crippen molar-refractivity contribution in [2.75, 3.05) is 14.2 Å². The third-order valence-corrected chi connectivity index (χ3v) is 6.80. The molecule has 5 aromatic rings. The first-order valence-corrected chi connectivity index (χ1v) is 13.0. The summed E-state index contributed by atoms with van der Waals surface area (Å²) >= 11 is 0. The smallest absolute Gasteiger partial charge is 0.434 e. The van der Waals surface area contributed by atoms with Gasteiger partial charge in [0.05, 0.1) is 26.1 Å². The molecular formula is C32H26F3N3O5. The fraction of sp³-hybridized carbons (Fsp3) is 0.156. The van der Waals surface area contributed by atoms with E-state index in [4.69, 9.17) is 14.2 Å². The molecule has 0 aliphatic heterocycles. The van der Waals surface area contributed by atoms with Crippen LogP contribution < -0.4 is 14.2 Å². The minimum atomic E-state index is -4.97. The number of carbonyl (C=O) groups is 1. The monoisotopic (exact) mass is 589 g/mol.